The lowest BCUT2D eigenvalue weighted by molar-refractivity contribution is -0.115. The molecule has 6 rings (SSSR count). The third-order valence-corrected chi connectivity index (χ3v) is 7.62. The Morgan fingerprint density at radius 3 is 2.71 bits per heavy atom. The number of amides is 3. The average molecular weight is 487 g/mol. The van der Waals surface area contributed by atoms with Crippen molar-refractivity contribution in [1.82, 2.24) is 15.6 Å². The predicted molar refractivity (Wildman–Crippen MR) is 134 cm³/mol. The number of anilines is 1. The largest absolute Gasteiger partial charge is 0.367 e. The van der Waals surface area contributed by atoms with Crippen LogP contribution >= 0.6 is 22.7 Å². The van der Waals surface area contributed by atoms with E-state index in [0.29, 0.717) is 5.13 Å². The summed E-state index contributed by atoms with van der Waals surface area (Å²) in [6.45, 7) is 1.90. The number of urea groups is 1. The third kappa shape index (κ3) is 4.09. The number of azo groups is 1. The van der Waals surface area contributed by atoms with Crippen LogP contribution in [0.25, 0.3) is 15.6 Å². The molecular weight excluding hydrogens is 468 g/mol. The van der Waals surface area contributed by atoms with Crippen molar-refractivity contribution in [3.05, 3.63) is 76.3 Å². The van der Waals surface area contributed by atoms with Crippen LogP contribution in [-0.4, -0.2) is 23.5 Å². The molecule has 2 aromatic heterocycles. The first-order chi connectivity index (χ1) is 16.6. The Kier molecular flexibility index (Phi) is 5.16. The molecule has 2 aliphatic rings. The van der Waals surface area contributed by atoms with Crippen LogP contribution < -0.4 is 15.5 Å². The minimum absolute atomic E-state index is 0.234. The van der Waals surface area contributed by atoms with Crippen molar-refractivity contribution in [2.45, 2.75) is 13.0 Å². The zero-order valence-electron chi connectivity index (χ0n) is 17.8. The monoisotopic (exact) mass is 486 g/mol. The second-order valence-electron chi connectivity index (χ2n) is 7.95. The predicted octanol–water partition coefficient (Wildman–Crippen LogP) is 5.52. The SMILES string of the molecule is O=C1NC(=O)/C(=C\c2cc3sc(N=Nc4ccc5c(c4)CCN5Cc4ccccc4)nc3s2)N1. The van der Waals surface area contributed by atoms with Crippen molar-refractivity contribution < 1.29 is 9.59 Å². The zero-order valence-corrected chi connectivity index (χ0v) is 19.4. The molecule has 0 bridgehead atoms. The highest BCUT2D eigenvalue weighted by Gasteiger charge is 2.23. The number of nitrogens with one attached hydrogen (secondary N) is 2. The Morgan fingerprint density at radius 1 is 1.03 bits per heavy atom. The van der Waals surface area contributed by atoms with E-state index in [9.17, 15) is 9.59 Å². The summed E-state index contributed by atoms with van der Waals surface area (Å²) in [5.41, 5.74) is 4.89. The van der Waals surface area contributed by atoms with Crippen molar-refractivity contribution in [2.24, 2.45) is 10.2 Å². The molecule has 1 fully saturated rings. The number of benzene rings is 2. The summed E-state index contributed by atoms with van der Waals surface area (Å²) in [5, 5.41) is 14.0. The van der Waals surface area contributed by atoms with Gasteiger partial charge in [0.15, 0.2) is 0 Å². The summed E-state index contributed by atoms with van der Waals surface area (Å²) < 4.78 is 0.959. The van der Waals surface area contributed by atoms with Gasteiger partial charge in [-0.25, -0.2) is 9.78 Å². The number of rotatable bonds is 5. The van der Waals surface area contributed by atoms with Gasteiger partial charge < -0.3 is 10.2 Å². The van der Waals surface area contributed by atoms with Crippen molar-refractivity contribution in [2.75, 3.05) is 11.4 Å². The Bertz CT molecular complexity index is 1460. The molecule has 34 heavy (non-hydrogen) atoms. The number of carbonyl (C=O) groups excluding carboxylic acids is 2. The van der Waals surface area contributed by atoms with Crippen molar-refractivity contribution in [1.29, 1.82) is 0 Å². The smallest absolute Gasteiger partial charge is 0.326 e. The number of imide groups is 1. The molecule has 0 saturated carbocycles. The summed E-state index contributed by atoms with van der Waals surface area (Å²) in [7, 11) is 0. The van der Waals surface area contributed by atoms with Gasteiger partial charge in [-0.2, -0.15) is 0 Å². The molecular formula is C24H18N6O2S2. The maximum atomic E-state index is 11.7. The summed E-state index contributed by atoms with van der Waals surface area (Å²) in [6.07, 6.45) is 2.64. The van der Waals surface area contributed by atoms with Gasteiger partial charge >= 0.3 is 6.03 Å². The van der Waals surface area contributed by atoms with Crippen LogP contribution in [0.5, 0.6) is 0 Å². The molecule has 10 heteroatoms. The molecule has 1 saturated heterocycles. The molecule has 0 aliphatic carbocycles. The van der Waals surface area contributed by atoms with Crippen LogP contribution in [0.15, 0.2) is 70.5 Å². The molecule has 2 aliphatic heterocycles. The van der Waals surface area contributed by atoms with Gasteiger partial charge in [-0.3, -0.25) is 10.1 Å². The lowest BCUT2D eigenvalue weighted by Gasteiger charge is -2.19. The molecule has 0 spiro atoms. The number of thiazole rings is 1. The van der Waals surface area contributed by atoms with Crippen molar-refractivity contribution in [3.8, 4) is 0 Å². The summed E-state index contributed by atoms with van der Waals surface area (Å²) in [5.74, 6) is -0.429. The topological polar surface area (TPSA) is 99.0 Å². The van der Waals surface area contributed by atoms with Gasteiger partial charge in [0, 0.05) is 23.7 Å². The van der Waals surface area contributed by atoms with Crippen LogP contribution in [0.3, 0.4) is 0 Å². The van der Waals surface area contributed by atoms with E-state index in [1.54, 1.807) is 6.08 Å². The maximum Gasteiger partial charge on any atom is 0.326 e. The number of nitrogens with zero attached hydrogens (tertiary/aromatic N) is 4. The number of hydrogen-bond acceptors (Lipinski definition) is 8. The Morgan fingerprint density at radius 2 is 1.91 bits per heavy atom. The fraction of sp³-hybridized carbons (Fsp3) is 0.125. The van der Waals surface area contributed by atoms with Gasteiger partial charge in [-0.15, -0.1) is 21.6 Å². The molecule has 0 unspecified atom stereocenters. The van der Waals surface area contributed by atoms with E-state index in [1.165, 1.54) is 39.5 Å². The van der Waals surface area contributed by atoms with E-state index in [1.807, 2.05) is 18.2 Å². The van der Waals surface area contributed by atoms with E-state index in [4.69, 9.17) is 0 Å². The van der Waals surface area contributed by atoms with Crippen LogP contribution in [0.2, 0.25) is 0 Å². The van der Waals surface area contributed by atoms with Crippen molar-refractivity contribution in [3.63, 3.8) is 0 Å². The van der Waals surface area contributed by atoms with Crippen LogP contribution in [0.4, 0.5) is 21.3 Å². The molecule has 8 nitrogen and oxygen atoms in total. The van der Waals surface area contributed by atoms with Gasteiger partial charge in [0.25, 0.3) is 5.91 Å². The minimum atomic E-state index is -0.508. The van der Waals surface area contributed by atoms with Crippen LogP contribution in [-0.2, 0) is 17.8 Å². The highest BCUT2D eigenvalue weighted by atomic mass is 32.1. The third-order valence-electron chi connectivity index (χ3n) is 5.63. The quantitative estimate of drug-likeness (QED) is 0.221. The first kappa shape index (κ1) is 20.7. The van der Waals surface area contributed by atoms with Gasteiger partial charge in [0.2, 0.25) is 5.13 Å². The number of aromatic nitrogens is 1. The average Bonchev–Trinajstić information content (AvgIpc) is 3.57. The second kappa shape index (κ2) is 8.47. The first-order valence-electron chi connectivity index (χ1n) is 10.7. The molecule has 4 heterocycles. The second-order valence-corrected chi connectivity index (χ2v) is 10.0. The zero-order chi connectivity index (χ0) is 23.1. The van der Waals surface area contributed by atoms with E-state index in [-0.39, 0.29) is 5.70 Å². The molecule has 2 N–H and O–H groups in total. The van der Waals surface area contributed by atoms with E-state index in [0.717, 1.165) is 39.6 Å². The van der Waals surface area contributed by atoms with E-state index in [2.05, 4.69) is 67.1 Å². The Labute approximate surface area is 202 Å². The lowest BCUT2D eigenvalue weighted by Crippen LogP contribution is -2.22. The van der Waals surface area contributed by atoms with E-state index < -0.39 is 11.9 Å². The van der Waals surface area contributed by atoms with Gasteiger partial charge in [0.1, 0.15) is 10.5 Å². The highest BCUT2D eigenvalue weighted by Crippen LogP contribution is 2.37. The number of hydrogen-bond donors (Lipinski definition) is 2. The van der Waals surface area contributed by atoms with E-state index >= 15 is 0 Å². The molecule has 0 radical (unpaired) electrons. The van der Waals surface area contributed by atoms with Gasteiger partial charge in [-0.1, -0.05) is 41.7 Å². The summed E-state index contributed by atoms with van der Waals surface area (Å²) in [4.78, 5) is 31.5. The van der Waals surface area contributed by atoms with Crippen LogP contribution in [0, 0.1) is 0 Å². The molecule has 4 aromatic rings. The molecule has 0 atom stereocenters. The molecule has 2 aromatic carbocycles. The molecule has 168 valence electrons. The van der Waals surface area contributed by atoms with Crippen molar-refractivity contribution >= 4 is 66.7 Å². The molecule has 3 amide bonds. The number of carbonyl (C=O) groups is 2. The fourth-order valence-electron chi connectivity index (χ4n) is 4.07. The van der Waals surface area contributed by atoms with Crippen LogP contribution in [0.1, 0.15) is 16.0 Å². The van der Waals surface area contributed by atoms with Gasteiger partial charge in [-0.05, 0) is 47.9 Å². The summed E-state index contributed by atoms with van der Waals surface area (Å²) in [6, 6.07) is 18.1. The Balaban J connectivity index is 1.16. The standard InChI is InChI=1S/C24H18N6O2S2/c31-21-18(25-23(32)26-21)11-17-12-20-22(33-17)27-24(34-20)29-28-16-6-7-19-15(10-16)8-9-30(19)13-14-4-2-1-3-5-14/h1-7,10-12H,8-9,13H2,(H2,25,26,31,32)/b18-11+,29-28?. The highest BCUT2D eigenvalue weighted by molar-refractivity contribution is 7.29. The fourth-order valence-corrected chi connectivity index (χ4v) is 6.05. The van der Waals surface area contributed by atoms with Gasteiger partial charge in [0.05, 0.1) is 10.4 Å². The minimum Gasteiger partial charge on any atom is -0.367 e. The summed E-state index contributed by atoms with van der Waals surface area (Å²) >= 11 is 2.87. The lowest BCUT2D eigenvalue weighted by atomic mass is 10.1. The number of thiophene rings is 1. The number of fused-ring (bicyclic) bond motifs is 2. The normalized spacial score (nSPS) is 16.6. The first-order valence-corrected chi connectivity index (χ1v) is 12.3. The Hall–Kier alpha value is -3.89. The maximum absolute atomic E-state index is 11.7.